The highest BCUT2D eigenvalue weighted by atomic mass is 32.2. The molecule has 0 aromatic heterocycles. The number of nitrogens with zero attached hydrogens (tertiary/aromatic N) is 1. The van der Waals surface area contributed by atoms with E-state index >= 15 is 0 Å². The SMILES string of the molecule is Cc1ccc(C2=CSC3C(=O)NC(N4CCCC(C(=O)NC5CC5)C4)NC23)cc1. The molecule has 3 N–H and O–H groups in total. The molecule has 3 fully saturated rings. The van der Waals surface area contributed by atoms with Crippen LogP contribution in [0.4, 0.5) is 0 Å². The van der Waals surface area contributed by atoms with Crippen LogP contribution < -0.4 is 16.0 Å². The van der Waals surface area contributed by atoms with E-state index in [2.05, 4.69) is 57.4 Å². The number of benzene rings is 1. The molecule has 6 nitrogen and oxygen atoms in total. The van der Waals surface area contributed by atoms with Crippen molar-refractivity contribution in [3.63, 3.8) is 0 Å². The first-order chi connectivity index (χ1) is 14.1. The van der Waals surface area contributed by atoms with Crippen molar-refractivity contribution < 1.29 is 9.59 Å². The van der Waals surface area contributed by atoms with Gasteiger partial charge in [0, 0.05) is 19.1 Å². The molecule has 0 radical (unpaired) electrons. The smallest absolute Gasteiger partial charge is 0.237 e. The maximum absolute atomic E-state index is 12.8. The molecule has 4 atom stereocenters. The summed E-state index contributed by atoms with van der Waals surface area (Å²) in [4.78, 5) is 27.6. The predicted octanol–water partition coefficient (Wildman–Crippen LogP) is 1.81. The first kappa shape index (κ1) is 19.2. The number of carbonyl (C=O) groups excluding carboxylic acids is 2. The van der Waals surface area contributed by atoms with Gasteiger partial charge in [-0.25, -0.2) is 0 Å². The molecule has 154 valence electrons. The summed E-state index contributed by atoms with van der Waals surface area (Å²) in [7, 11) is 0. The van der Waals surface area contributed by atoms with Crippen LogP contribution in [0.2, 0.25) is 0 Å². The molecule has 3 aliphatic heterocycles. The van der Waals surface area contributed by atoms with Crippen molar-refractivity contribution in [1.29, 1.82) is 0 Å². The van der Waals surface area contributed by atoms with Crippen molar-refractivity contribution in [3.8, 4) is 0 Å². The van der Waals surface area contributed by atoms with Crippen LogP contribution in [0.15, 0.2) is 29.7 Å². The van der Waals surface area contributed by atoms with Gasteiger partial charge in [-0.15, -0.1) is 11.8 Å². The van der Waals surface area contributed by atoms with Gasteiger partial charge in [0.1, 0.15) is 11.5 Å². The topological polar surface area (TPSA) is 73.5 Å². The van der Waals surface area contributed by atoms with Crippen molar-refractivity contribution in [2.75, 3.05) is 13.1 Å². The Morgan fingerprint density at radius 1 is 1.21 bits per heavy atom. The molecule has 4 unspecified atom stereocenters. The third-order valence-corrected chi connectivity index (χ3v) is 7.52. The van der Waals surface area contributed by atoms with E-state index in [1.165, 1.54) is 11.1 Å². The number of aryl methyl sites for hydroxylation is 1. The minimum atomic E-state index is -0.229. The van der Waals surface area contributed by atoms with E-state index in [1.807, 2.05) is 0 Å². The summed E-state index contributed by atoms with van der Waals surface area (Å²) in [6.45, 7) is 3.66. The summed E-state index contributed by atoms with van der Waals surface area (Å²) in [5, 5.41) is 11.9. The summed E-state index contributed by atoms with van der Waals surface area (Å²) in [6.07, 6.45) is 3.88. The first-order valence-corrected chi connectivity index (χ1v) is 11.6. The Morgan fingerprint density at radius 3 is 2.76 bits per heavy atom. The van der Waals surface area contributed by atoms with Crippen molar-refractivity contribution in [1.82, 2.24) is 20.9 Å². The van der Waals surface area contributed by atoms with Crippen molar-refractivity contribution in [2.45, 2.75) is 56.2 Å². The summed E-state index contributed by atoms with van der Waals surface area (Å²) < 4.78 is 0. The second-order valence-corrected chi connectivity index (χ2v) is 9.68. The molecule has 1 aromatic carbocycles. The summed E-state index contributed by atoms with van der Waals surface area (Å²) in [5.74, 6) is 0.256. The minimum Gasteiger partial charge on any atom is -0.353 e. The lowest BCUT2D eigenvalue weighted by atomic mass is 9.94. The van der Waals surface area contributed by atoms with Crippen LogP contribution >= 0.6 is 11.8 Å². The molecule has 0 bridgehead atoms. The van der Waals surface area contributed by atoms with Crippen molar-refractivity contribution >= 4 is 29.1 Å². The van der Waals surface area contributed by atoms with Gasteiger partial charge >= 0.3 is 0 Å². The molecule has 1 saturated carbocycles. The third kappa shape index (κ3) is 3.96. The van der Waals surface area contributed by atoms with Crippen LogP contribution in [-0.4, -0.2) is 53.4 Å². The molecular formula is C22H28N4O2S. The standard InChI is InChI=1S/C22H28N4O2S/c1-13-4-6-14(7-5-13)17-12-29-19-18(17)24-22(25-21(19)28)26-10-2-3-15(11-26)20(27)23-16-8-9-16/h4-7,12,15-16,18-19,22,24H,2-3,8-11H2,1H3,(H,23,27)(H,25,28). The molecule has 7 heteroatoms. The fourth-order valence-electron chi connectivity index (χ4n) is 4.47. The number of rotatable bonds is 4. The predicted molar refractivity (Wildman–Crippen MR) is 115 cm³/mol. The van der Waals surface area contributed by atoms with Gasteiger partial charge in [0.15, 0.2) is 0 Å². The van der Waals surface area contributed by atoms with E-state index < -0.39 is 0 Å². The number of piperidine rings is 1. The fourth-order valence-corrected chi connectivity index (χ4v) is 5.62. The van der Waals surface area contributed by atoms with Gasteiger partial charge in [-0.2, -0.15) is 0 Å². The number of amides is 2. The lowest BCUT2D eigenvalue weighted by Crippen LogP contribution is -2.69. The molecule has 5 rings (SSSR count). The lowest BCUT2D eigenvalue weighted by molar-refractivity contribution is -0.129. The highest BCUT2D eigenvalue weighted by Crippen LogP contribution is 2.38. The van der Waals surface area contributed by atoms with Crippen LogP contribution in [0.5, 0.6) is 0 Å². The molecule has 1 aromatic rings. The number of nitrogens with one attached hydrogen (secondary N) is 3. The number of carbonyl (C=O) groups is 2. The number of hydrogen-bond donors (Lipinski definition) is 3. The Balaban J connectivity index is 1.29. The number of likely N-dealkylation sites (tertiary alicyclic amines) is 1. The third-order valence-electron chi connectivity index (χ3n) is 6.35. The van der Waals surface area contributed by atoms with Crippen LogP contribution in [0, 0.1) is 12.8 Å². The zero-order chi connectivity index (χ0) is 20.0. The Labute approximate surface area is 175 Å². The lowest BCUT2D eigenvalue weighted by Gasteiger charge is -2.43. The average molecular weight is 413 g/mol. The normalized spacial score (nSPS) is 32.3. The van der Waals surface area contributed by atoms with Crippen LogP contribution in [0.3, 0.4) is 0 Å². The van der Waals surface area contributed by atoms with Gasteiger partial charge in [0.2, 0.25) is 11.8 Å². The summed E-state index contributed by atoms with van der Waals surface area (Å²) in [5.41, 5.74) is 3.57. The largest absolute Gasteiger partial charge is 0.353 e. The van der Waals surface area contributed by atoms with Crippen LogP contribution in [-0.2, 0) is 9.59 Å². The van der Waals surface area contributed by atoms with Crippen LogP contribution in [0.25, 0.3) is 5.57 Å². The second kappa shape index (κ2) is 7.78. The Bertz CT molecular complexity index is 836. The summed E-state index contributed by atoms with van der Waals surface area (Å²) >= 11 is 1.59. The molecule has 0 spiro atoms. The monoisotopic (exact) mass is 412 g/mol. The maximum Gasteiger partial charge on any atom is 0.237 e. The number of thioether (sulfide) groups is 1. The van der Waals surface area contributed by atoms with Crippen molar-refractivity contribution in [3.05, 3.63) is 40.8 Å². The molecule has 2 amide bonds. The molecule has 1 aliphatic carbocycles. The second-order valence-electron chi connectivity index (χ2n) is 8.67. The zero-order valence-electron chi connectivity index (χ0n) is 16.7. The number of fused-ring (bicyclic) bond motifs is 1. The molecule has 3 heterocycles. The highest BCUT2D eigenvalue weighted by molar-refractivity contribution is 8.04. The minimum absolute atomic E-state index is 0.00541. The van der Waals surface area contributed by atoms with Gasteiger partial charge in [-0.3, -0.25) is 19.8 Å². The first-order valence-electron chi connectivity index (χ1n) is 10.6. The van der Waals surface area contributed by atoms with Gasteiger partial charge in [-0.1, -0.05) is 29.8 Å². The van der Waals surface area contributed by atoms with Gasteiger partial charge < -0.3 is 10.6 Å². The van der Waals surface area contributed by atoms with E-state index in [0.717, 1.165) is 37.8 Å². The van der Waals surface area contributed by atoms with E-state index in [-0.39, 0.29) is 35.3 Å². The average Bonchev–Trinajstić information content (AvgIpc) is 3.44. The molecular weight excluding hydrogens is 384 g/mol. The zero-order valence-corrected chi connectivity index (χ0v) is 17.5. The van der Waals surface area contributed by atoms with E-state index in [9.17, 15) is 9.59 Å². The van der Waals surface area contributed by atoms with Gasteiger partial charge in [0.05, 0.1) is 12.0 Å². The molecule has 2 saturated heterocycles. The van der Waals surface area contributed by atoms with Gasteiger partial charge in [-0.05, 0) is 49.2 Å². The van der Waals surface area contributed by atoms with E-state index in [1.54, 1.807) is 11.8 Å². The van der Waals surface area contributed by atoms with Gasteiger partial charge in [0.25, 0.3) is 0 Å². The Kier molecular flexibility index (Phi) is 5.14. The van der Waals surface area contributed by atoms with E-state index in [0.29, 0.717) is 12.6 Å². The van der Waals surface area contributed by atoms with Crippen molar-refractivity contribution in [2.24, 2.45) is 5.92 Å². The highest BCUT2D eigenvalue weighted by Gasteiger charge is 2.44. The Morgan fingerprint density at radius 2 is 2.00 bits per heavy atom. The quantitative estimate of drug-likeness (QED) is 0.704. The Hall–Kier alpha value is -1.83. The van der Waals surface area contributed by atoms with E-state index in [4.69, 9.17) is 0 Å². The maximum atomic E-state index is 12.8. The number of hydrogen-bond acceptors (Lipinski definition) is 5. The molecule has 4 aliphatic rings. The van der Waals surface area contributed by atoms with Crippen LogP contribution in [0.1, 0.15) is 36.8 Å². The summed E-state index contributed by atoms with van der Waals surface area (Å²) in [6, 6.07) is 8.87. The molecule has 29 heavy (non-hydrogen) atoms. The fraction of sp³-hybridized carbons (Fsp3) is 0.545.